The van der Waals surface area contributed by atoms with Gasteiger partial charge >= 0.3 is 0 Å². The Labute approximate surface area is 122 Å². The third kappa shape index (κ3) is 2.27. The highest BCUT2D eigenvalue weighted by molar-refractivity contribution is 5.65. The molecule has 21 heavy (non-hydrogen) atoms. The Balaban J connectivity index is 1.72. The van der Waals surface area contributed by atoms with Gasteiger partial charge in [0, 0.05) is 42.8 Å². The minimum atomic E-state index is -0.708. The molecule has 1 aromatic carbocycles. The lowest BCUT2D eigenvalue weighted by Crippen LogP contribution is -2.19. The van der Waals surface area contributed by atoms with Crippen LogP contribution in [0.2, 0.25) is 0 Å². The Morgan fingerprint density at radius 2 is 2.00 bits per heavy atom. The molecule has 1 aliphatic heterocycles. The van der Waals surface area contributed by atoms with E-state index in [2.05, 4.69) is 22.0 Å². The summed E-state index contributed by atoms with van der Waals surface area (Å²) in [6, 6.07) is 14.2. The molecule has 0 unspecified atom stereocenters. The smallest absolute Gasteiger partial charge is 0.139 e. The summed E-state index contributed by atoms with van der Waals surface area (Å²) in [4.78, 5) is 6.76. The zero-order chi connectivity index (χ0) is 14.2. The Morgan fingerprint density at radius 3 is 2.76 bits per heavy atom. The van der Waals surface area contributed by atoms with E-state index in [0.717, 1.165) is 29.1 Å². The molecule has 0 saturated carbocycles. The average Bonchev–Trinajstić information content (AvgIpc) is 3.13. The number of nitrogens with zero attached hydrogens (tertiary/aromatic N) is 3. The van der Waals surface area contributed by atoms with Crippen LogP contribution in [0.3, 0.4) is 0 Å². The summed E-state index contributed by atoms with van der Waals surface area (Å²) in [5.74, 6) is 0. The Morgan fingerprint density at radius 1 is 1.14 bits per heavy atom. The van der Waals surface area contributed by atoms with Gasteiger partial charge in [-0.1, -0.05) is 30.3 Å². The van der Waals surface area contributed by atoms with Gasteiger partial charge in [0.25, 0.3) is 0 Å². The molecular formula is C17H16FN3. The first-order chi connectivity index (χ1) is 10.3. The van der Waals surface area contributed by atoms with E-state index in [0.29, 0.717) is 13.0 Å². The maximum atomic E-state index is 13.3. The van der Waals surface area contributed by atoms with Crippen molar-refractivity contribution in [3.63, 3.8) is 0 Å². The first-order valence-electron chi connectivity index (χ1n) is 7.23. The second kappa shape index (κ2) is 4.88. The van der Waals surface area contributed by atoms with Gasteiger partial charge in [-0.2, -0.15) is 0 Å². The fraction of sp³-hybridized carbons (Fsp3) is 0.235. The predicted octanol–water partition coefficient (Wildman–Crippen LogP) is 3.55. The number of rotatable bonds is 2. The summed E-state index contributed by atoms with van der Waals surface area (Å²) in [5.41, 5.74) is 4.01. The number of hydrogen-bond donors (Lipinski definition) is 0. The van der Waals surface area contributed by atoms with Crippen LogP contribution in [0, 0.1) is 0 Å². The molecule has 0 N–H and O–H groups in total. The molecule has 1 aliphatic rings. The van der Waals surface area contributed by atoms with Crippen LogP contribution in [-0.4, -0.2) is 28.6 Å². The Bertz CT molecular complexity index is 766. The molecular weight excluding hydrogens is 265 g/mol. The molecule has 0 bridgehead atoms. The van der Waals surface area contributed by atoms with Crippen molar-refractivity contribution in [2.75, 3.05) is 18.0 Å². The van der Waals surface area contributed by atoms with Crippen molar-refractivity contribution in [3.05, 3.63) is 54.9 Å². The van der Waals surface area contributed by atoms with Gasteiger partial charge in [-0.15, -0.1) is 0 Å². The van der Waals surface area contributed by atoms with E-state index in [9.17, 15) is 4.39 Å². The third-order valence-electron chi connectivity index (χ3n) is 4.01. The lowest BCUT2D eigenvalue weighted by Gasteiger charge is -2.17. The quantitative estimate of drug-likeness (QED) is 0.716. The van der Waals surface area contributed by atoms with Crippen LogP contribution in [0.1, 0.15) is 6.42 Å². The van der Waals surface area contributed by atoms with Crippen molar-refractivity contribution in [1.82, 2.24) is 9.38 Å². The zero-order valence-electron chi connectivity index (χ0n) is 11.6. The monoisotopic (exact) mass is 281 g/mol. The van der Waals surface area contributed by atoms with E-state index in [4.69, 9.17) is 0 Å². The SMILES string of the molecule is F[C@@H]1CCN(c2ccn3cc(-c4ccccc4)nc3c2)C1. The molecule has 1 fully saturated rings. The van der Waals surface area contributed by atoms with E-state index < -0.39 is 6.17 Å². The fourth-order valence-corrected chi connectivity index (χ4v) is 2.87. The summed E-state index contributed by atoms with van der Waals surface area (Å²) in [6.45, 7) is 1.27. The molecule has 0 aliphatic carbocycles. The van der Waals surface area contributed by atoms with E-state index in [1.54, 1.807) is 0 Å². The van der Waals surface area contributed by atoms with Gasteiger partial charge in [0.15, 0.2) is 0 Å². The van der Waals surface area contributed by atoms with Gasteiger partial charge in [-0.05, 0) is 12.5 Å². The van der Waals surface area contributed by atoms with Crippen LogP contribution in [-0.2, 0) is 0 Å². The highest BCUT2D eigenvalue weighted by Crippen LogP contribution is 2.25. The molecule has 1 saturated heterocycles. The first-order valence-corrected chi connectivity index (χ1v) is 7.23. The Kier molecular flexibility index (Phi) is 2.88. The molecule has 4 heteroatoms. The molecule has 3 nitrogen and oxygen atoms in total. The van der Waals surface area contributed by atoms with Gasteiger partial charge < -0.3 is 9.30 Å². The summed E-state index contributed by atoms with van der Waals surface area (Å²) in [5, 5.41) is 0. The van der Waals surface area contributed by atoms with Gasteiger partial charge in [-0.25, -0.2) is 9.37 Å². The summed E-state index contributed by atoms with van der Waals surface area (Å²) in [7, 11) is 0. The van der Waals surface area contributed by atoms with Gasteiger partial charge in [-0.3, -0.25) is 0 Å². The number of alkyl halides is 1. The minimum absolute atomic E-state index is 0.489. The maximum absolute atomic E-state index is 13.3. The summed E-state index contributed by atoms with van der Waals surface area (Å²) in [6.07, 6.45) is 3.93. The lowest BCUT2D eigenvalue weighted by atomic mass is 10.2. The predicted molar refractivity (Wildman–Crippen MR) is 82.4 cm³/mol. The number of anilines is 1. The number of hydrogen-bond acceptors (Lipinski definition) is 2. The second-order valence-corrected chi connectivity index (χ2v) is 5.47. The molecule has 3 aromatic rings. The number of halogens is 1. The molecule has 0 amide bonds. The van der Waals surface area contributed by atoms with Crippen molar-refractivity contribution in [2.24, 2.45) is 0 Å². The van der Waals surface area contributed by atoms with Crippen molar-refractivity contribution < 1.29 is 4.39 Å². The van der Waals surface area contributed by atoms with E-state index in [1.807, 2.05) is 47.1 Å². The number of pyridine rings is 1. The number of benzene rings is 1. The first kappa shape index (κ1) is 12.4. The zero-order valence-corrected chi connectivity index (χ0v) is 11.6. The molecule has 106 valence electrons. The lowest BCUT2D eigenvalue weighted by molar-refractivity contribution is 0.364. The molecule has 1 atom stereocenters. The molecule has 3 heterocycles. The highest BCUT2D eigenvalue weighted by Gasteiger charge is 2.22. The number of imidazole rings is 1. The molecule has 0 radical (unpaired) electrons. The van der Waals surface area contributed by atoms with Crippen LogP contribution in [0.25, 0.3) is 16.9 Å². The molecule has 2 aromatic heterocycles. The van der Waals surface area contributed by atoms with Gasteiger partial charge in [0.05, 0.1) is 5.69 Å². The van der Waals surface area contributed by atoms with Crippen LogP contribution in [0.4, 0.5) is 10.1 Å². The topological polar surface area (TPSA) is 20.5 Å². The van der Waals surface area contributed by atoms with Crippen molar-refractivity contribution in [1.29, 1.82) is 0 Å². The molecule has 0 spiro atoms. The summed E-state index contributed by atoms with van der Waals surface area (Å²) < 4.78 is 15.3. The van der Waals surface area contributed by atoms with E-state index >= 15 is 0 Å². The normalized spacial score (nSPS) is 18.5. The van der Waals surface area contributed by atoms with Gasteiger partial charge in [0.2, 0.25) is 0 Å². The van der Waals surface area contributed by atoms with Crippen LogP contribution < -0.4 is 4.90 Å². The Hall–Kier alpha value is -2.36. The van der Waals surface area contributed by atoms with Crippen molar-refractivity contribution >= 4 is 11.3 Å². The van der Waals surface area contributed by atoms with Crippen molar-refractivity contribution in [2.45, 2.75) is 12.6 Å². The van der Waals surface area contributed by atoms with E-state index in [-0.39, 0.29) is 0 Å². The second-order valence-electron chi connectivity index (χ2n) is 5.47. The fourth-order valence-electron chi connectivity index (χ4n) is 2.87. The van der Waals surface area contributed by atoms with Crippen LogP contribution in [0.5, 0.6) is 0 Å². The maximum Gasteiger partial charge on any atom is 0.139 e. The van der Waals surface area contributed by atoms with Gasteiger partial charge in [0.1, 0.15) is 11.8 Å². The largest absolute Gasteiger partial charge is 0.368 e. The third-order valence-corrected chi connectivity index (χ3v) is 4.01. The van der Waals surface area contributed by atoms with Crippen LogP contribution in [0.15, 0.2) is 54.9 Å². The van der Waals surface area contributed by atoms with Crippen molar-refractivity contribution in [3.8, 4) is 11.3 Å². The van der Waals surface area contributed by atoms with E-state index in [1.165, 1.54) is 0 Å². The number of aromatic nitrogens is 2. The molecule has 4 rings (SSSR count). The number of fused-ring (bicyclic) bond motifs is 1. The highest BCUT2D eigenvalue weighted by atomic mass is 19.1. The average molecular weight is 281 g/mol. The summed E-state index contributed by atoms with van der Waals surface area (Å²) >= 11 is 0. The van der Waals surface area contributed by atoms with Crippen LogP contribution >= 0.6 is 0 Å². The minimum Gasteiger partial charge on any atom is -0.368 e. The standard InChI is InChI=1S/C17H16FN3/c18-14-6-8-20(11-14)15-7-9-21-12-16(19-17(21)10-15)13-4-2-1-3-5-13/h1-5,7,9-10,12,14H,6,8,11H2/t14-/m1/s1.